The van der Waals surface area contributed by atoms with E-state index in [4.69, 9.17) is 9.47 Å². The number of esters is 1. The van der Waals surface area contributed by atoms with Gasteiger partial charge >= 0.3 is 5.97 Å². The first-order chi connectivity index (χ1) is 9.86. The highest BCUT2D eigenvalue weighted by molar-refractivity contribution is 9.11. The average molecular weight is 544 g/mol. The van der Waals surface area contributed by atoms with E-state index in [0.29, 0.717) is 21.7 Å². The zero-order valence-electron chi connectivity index (χ0n) is 10.6. The van der Waals surface area contributed by atoms with Crippen molar-refractivity contribution >= 4 is 69.7 Å². The van der Waals surface area contributed by atoms with Crippen LogP contribution in [0.1, 0.15) is 6.92 Å². The molecule has 0 atom stereocenters. The number of hydrogen-bond donors (Lipinski definition) is 0. The lowest BCUT2D eigenvalue weighted by Crippen LogP contribution is -2.03. The standard InChI is InChI=1S/C14H8Br4O3/c1-7(19)20-13-6-9(16)5-11(18)14(13)21-12-3-2-8(15)4-10(12)17/h2-6H,1H3. The third-order valence-corrected chi connectivity index (χ3v) is 4.49. The molecule has 0 amide bonds. The molecule has 3 nitrogen and oxygen atoms in total. The third-order valence-electron chi connectivity index (χ3n) is 2.33. The molecule has 0 radical (unpaired) electrons. The van der Waals surface area contributed by atoms with Crippen molar-refractivity contribution in [3.8, 4) is 17.2 Å². The van der Waals surface area contributed by atoms with E-state index in [1.165, 1.54) is 6.92 Å². The van der Waals surface area contributed by atoms with Gasteiger partial charge in [-0.15, -0.1) is 0 Å². The highest BCUT2D eigenvalue weighted by atomic mass is 79.9. The fourth-order valence-electron chi connectivity index (χ4n) is 1.53. The van der Waals surface area contributed by atoms with E-state index in [-0.39, 0.29) is 0 Å². The van der Waals surface area contributed by atoms with Crippen LogP contribution in [-0.2, 0) is 4.79 Å². The van der Waals surface area contributed by atoms with Gasteiger partial charge < -0.3 is 9.47 Å². The summed E-state index contributed by atoms with van der Waals surface area (Å²) in [5.41, 5.74) is 0. The Morgan fingerprint density at radius 2 is 1.57 bits per heavy atom. The number of hydrogen-bond acceptors (Lipinski definition) is 3. The van der Waals surface area contributed by atoms with Gasteiger partial charge in [0.1, 0.15) is 5.75 Å². The Kier molecular flexibility index (Phi) is 5.88. The maximum absolute atomic E-state index is 11.2. The molecule has 0 aliphatic rings. The van der Waals surface area contributed by atoms with E-state index >= 15 is 0 Å². The Bertz CT molecular complexity index is 701. The Hall–Kier alpha value is -0.370. The fraction of sp³-hybridized carbons (Fsp3) is 0.0714. The summed E-state index contributed by atoms with van der Waals surface area (Å²) in [6.45, 7) is 1.34. The van der Waals surface area contributed by atoms with Crippen LogP contribution in [0.3, 0.4) is 0 Å². The second-order valence-corrected chi connectivity index (χ2v) is 7.53. The number of rotatable bonds is 3. The van der Waals surface area contributed by atoms with E-state index in [0.717, 1.165) is 13.4 Å². The third kappa shape index (κ3) is 4.55. The smallest absolute Gasteiger partial charge is 0.308 e. The number of benzene rings is 2. The maximum Gasteiger partial charge on any atom is 0.308 e. The van der Waals surface area contributed by atoms with Crippen molar-refractivity contribution in [1.29, 1.82) is 0 Å². The van der Waals surface area contributed by atoms with E-state index in [2.05, 4.69) is 63.7 Å². The van der Waals surface area contributed by atoms with Crippen molar-refractivity contribution in [3.05, 3.63) is 48.2 Å². The van der Waals surface area contributed by atoms with Gasteiger partial charge in [0.05, 0.1) is 8.95 Å². The Morgan fingerprint density at radius 3 is 2.19 bits per heavy atom. The van der Waals surface area contributed by atoms with Crippen LogP contribution < -0.4 is 9.47 Å². The molecule has 0 heterocycles. The van der Waals surface area contributed by atoms with Crippen LogP contribution in [-0.4, -0.2) is 5.97 Å². The fourth-order valence-corrected chi connectivity index (χ4v) is 3.93. The molecule has 0 N–H and O–H groups in total. The van der Waals surface area contributed by atoms with E-state index < -0.39 is 5.97 Å². The predicted molar refractivity (Wildman–Crippen MR) is 95.1 cm³/mol. The van der Waals surface area contributed by atoms with Crippen molar-refractivity contribution in [2.24, 2.45) is 0 Å². The first kappa shape index (κ1) is 17.0. The number of halogens is 4. The summed E-state index contributed by atoms with van der Waals surface area (Å²) in [6.07, 6.45) is 0. The van der Waals surface area contributed by atoms with Gasteiger partial charge in [-0.3, -0.25) is 4.79 Å². The van der Waals surface area contributed by atoms with Gasteiger partial charge in [0.25, 0.3) is 0 Å². The molecule has 0 aliphatic heterocycles. The van der Waals surface area contributed by atoms with Gasteiger partial charge in [0.2, 0.25) is 0 Å². The summed E-state index contributed by atoms with van der Waals surface area (Å²) >= 11 is 13.6. The molecule has 0 aromatic heterocycles. The molecule has 21 heavy (non-hydrogen) atoms. The normalized spacial score (nSPS) is 10.3. The predicted octanol–water partition coefficient (Wildman–Crippen LogP) is 6.45. The van der Waals surface area contributed by atoms with Crippen LogP contribution >= 0.6 is 63.7 Å². The molecule has 2 aromatic carbocycles. The molecule has 0 unspecified atom stereocenters. The van der Waals surface area contributed by atoms with Crippen LogP contribution in [0.5, 0.6) is 17.2 Å². The van der Waals surface area contributed by atoms with Crippen LogP contribution in [0.4, 0.5) is 0 Å². The van der Waals surface area contributed by atoms with Crippen LogP contribution in [0.2, 0.25) is 0 Å². The van der Waals surface area contributed by atoms with E-state index in [1.807, 2.05) is 18.2 Å². The van der Waals surface area contributed by atoms with Crippen molar-refractivity contribution in [1.82, 2.24) is 0 Å². The van der Waals surface area contributed by atoms with Gasteiger partial charge in [-0.2, -0.15) is 0 Å². The minimum absolute atomic E-state index is 0.332. The Morgan fingerprint density at radius 1 is 0.905 bits per heavy atom. The molecule has 110 valence electrons. The molecular formula is C14H8Br4O3. The SMILES string of the molecule is CC(=O)Oc1cc(Br)cc(Br)c1Oc1ccc(Br)cc1Br. The summed E-state index contributed by atoms with van der Waals surface area (Å²) < 4.78 is 14.2. The molecule has 0 saturated heterocycles. The van der Waals surface area contributed by atoms with Crippen LogP contribution in [0.25, 0.3) is 0 Å². The Balaban J connectivity index is 2.45. The molecule has 2 rings (SSSR count). The molecule has 0 aliphatic carbocycles. The van der Waals surface area contributed by atoms with Gasteiger partial charge in [-0.1, -0.05) is 31.9 Å². The van der Waals surface area contributed by atoms with Crippen molar-refractivity contribution < 1.29 is 14.3 Å². The summed E-state index contributed by atoms with van der Waals surface area (Å²) in [4.78, 5) is 11.2. The first-order valence-corrected chi connectivity index (χ1v) is 8.84. The quantitative estimate of drug-likeness (QED) is 0.330. The molecule has 0 spiro atoms. The minimum atomic E-state index is -0.417. The van der Waals surface area contributed by atoms with Crippen molar-refractivity contribution in [2.45, 2.75) is 6.92 Å². The van der Waals surface area contributed by atoms with E-state index in [1.54, 1.807) is 12.1 Å². The lowest BCUT2D eigenvalue weighted by molar-refractivity contribution is -0.132. The molecular weight excluding hydrogens is 536 g/mol. The molecule has 0 fully saturated rings. The molecule has 0 saturated carbocycles. The summed E-state index contributed by atoms with van der Waals surface area (Å²) in [6, 6.07) is 9.02. The first-order valence-electron chi connectivity index (χ1n) is 5.67. The molecule has 7 heteroatoms. The molecule has 0 bridgehead atoms. The topological polar surface area (TPSA) is 35.5 Å². The zero-order chi connectivity index (χ0) is 15.6. The highest BCUT2D eigenvalue weighted by Crippen LogP contribution is 2.43. The van der Waals surface area contributed by atoms with Crippen molar-refractivity contribution in [2.75, 3.05) is 0 Å². The number of carbonyl (C=O) groups excluding carboxylic acids is 1. The van der Waals surface area contributed by atoms with E-state index in [9.17, 15) is 4.79 Å². The van der Waals surface area contributed by atoms with Gasteiger partial charge in [-0.05, 0) is 62.2 Å². The van der Waals surface area contributed by atoms with Crippen molar-refractivity contribution in [3.63, 3.8) is 0 Å². The average Bonchev–Trinajstić information content (AvgIpc) is 2.35. The minimum Gasteiger partial charge on any atom is -0.451 e. The maximum atomic E-state index is 11.2. The van der Waals surface area contributed by atoms with Crippen LogP contribution in [0.15, 0.2) is 48.2 Å². The largest absolute Gasteiger partial charge is 0.451 e. The summed E-state index contributed by atoms with van der Waals surface area (Å²) in [5, 5.41) is 0. The summed E-state index contributed by atoms with van der Waals surface area (Å²) in [7, 11) is 0. The van der Waals surface area contributed by atoms with Gasteiger partial charge in [-0.25, -0.2) is 0 Å². The number of ether oxygens (including phenoxy) is 2. The summed E-state index contributed by atoms with van der Waals surface area (Å²) in [5.74, 6) is 0.948. The lowest BCUT2D eigenvalue weighted by Gasteiger charge is -2.14. The highest BCUT2D eigenvalue weighted by Gasteiger charge is 2.16. The number of carbonyl (C=O) groups is 1. The lowest BCUT2D eigenvalue weighted by atomic mass is 10.3. The van der Waals surface area contributed by atoms with Gasteiger partial charge in [0.15, 0.2) is 11.5 Å². The zero-order valence-corrected chi connectivity index (χ0v) is 17.0. The molecule has 2 aromatic rings. The Labute approximate surface area is 155 Å². The monoisotopic (exact) mass is 540 g/mol. The second kappa shape index (κ2) is 7.26. The van der Waals surface area contributed by atoms with Gasteiger partial charge in [0, 0.05) is 15.9 Å². The van der Waals surface area contributed by atoms with Crippen LogP contribution in [0, 0.1) is 0 Å². The second-order valence-electron chi connectivity index (χ2n) is 3.99.